The Morgan fingerprint density at radius 1 is 0.629 bits per heavy atom. The van der Waals surface area contributed by atoms with Crippen molar-refractivity contribution in [3.05, 3.63) is 186 Å². The number of fused-ring (bicyclic) bond motifs is 2. The Balaban J connectivity index is 1.29. The van der Waals surface area contributed by atoms with Gasteiger partial charge in [-0.05, 0) is 85.2 Å². The molecule has 0 unspecified atom stereocenters. The van der Waals surface area contributed by atoms with E-state index in [1.165, 1.54) is 27.0 Å². The van der Waals surface area contributed by atoms with E-state index in [4.69, 9.17) is 4.42 Å². The maximum absolute atomic E-state index is 13.0. The van der Waals surface area contributed by atoms with Crippen molar-refractivity contribution < 1.29 is 17.4 Å². The quantitative estimate of drug-likeness (QED) is 0.0321. The van der Waals surface area contributed by atoms with E-state index < -0.39 is 10.1 Å². The molecule has 1 aliphatic carbocycles. The number of para-hydroxylation sites is 2. The van der Waals surface area contributed by atoms with Crippen molar-refractivity contribution in [2.24, 2.45) is 0 Å². The molecular formula is C53H51N2O4S3+. The minimum atomic E-state index is -4.57. The Labute approximate surface area is 374 Å². The van der Waals surface area contributed by atoms with Crippen LogP contribution in [0.15, 0.2) is 189 Å². The van der Waals surface area contributed by atoms with Crippen LogP contribution in [0.1, 0.15) is 37.8 Å². The molecule has 1 heterocycles. The second-order valence-electron chi connectivity index (χ2n) is 15.1. The van der Waals surface area contributed by atoms with Gasteiger partial charge in [0.1, 0.15) is 22.8 Å². The molecule has 0 fully saturated rings. The van der Waals surface area contributed by atoms with Crippen LogP contribution < -0.4 is 14.8 Å². The molecular weight excluding hydrogens is 825 g/mol. The van der Waals surface area contributed by atoms with Gasteiger partial charge in [0.05, 0.1) is 6.07 Å². The molecule has 0 saturated carbocycles. The molecule has 0 amide bonds. The molecule has 1 N–H and O–H groups in total. The topological polar surface area (TPSA) is 73.8 Å². The molecule has 314 valence electrons. The number of aryl methyl sites for hydroxylation is 2. The molecule has 0 saturated heterocycles. The highest BCUT2D eigenvalue weighted by atomic mass is 32.2. The number of benzene rings is 7. The summed E-state index contributed by atoms with van der Waals surface area (Å²) in [5, 5.41) is 1.73. The van der Waals surface area contributed by atoms with Crippen LogP contribution in [0.4, 0.5) is 17.1 Å². The lowest BCUT2D eigenvalue weighted by molar-refractivity contribution is 0.483. The third kappa shape index (κ3) is 9.87. The van der Waals surface area contributed by atoms with E-state index in [0.29, 0.717) is 22.5 Å². The van der Waals surface area contributed by atoms with Crippen LogP contribution in [0.2, 0.25) is 0 Å². The van der Waals surface area contributed by atoms with Gasteiger partial charge in [-0.25, -0.2) is 0 Å². The Morgan fingerprint density at radius 2 is 1.26 bits per heavy atom. The van der Waals surface area contributed by atoms with Gasteiger partial charge in [0.2, 0.25) is 11.0 Å². The van der Waals surface area contributed by atoms with Gasteiger partial charge in [0.15, 0.2) is 0 Å². The average Bonchev–Trinajstić information content (AvgIpc) is 3.31. The molecule has 62 heavy (non-hydrogen) atoms. The van der Waals surface area contributed by atoms with Gasteiger partial charge in [0, 0.05) is 85.7 Å². The highest BCUT2D eigenvalue weighted by molar-refractivity contribution is 7.99. The van der Waals surface area contributed by atoms with Gasteiger partial charge in [-0.2, -0.15) is 13.0 Å². The first kappa shape index (κ1) is 43.1. The van der Waals surface area contributed by atoms with Gasteiger partial charge < -0.3 is 9.32 Å². The number of nitrogens with zero attached hydrogens (tertiary/aromatic N) is 2. The first-order valence-electron chi connectivity index (χ1n) is 21.3. The number of rotatable bonds is 17. The van der Waals surface area contributed by atoms with Crippen molar-refractivity contribution >= 4 is 61.7 Å². The lowest BCUT2D eigenvalue weighted by Gasteiger charge is -2.28. The minimum Gasteiger partial charge on any atom is -0.456 e. The van der Waals surface area contributed by atoms with Crippen molar-refractivity contribution in [3.63, 3.8) is 0 Å². The zero-order valence-corrected chi connectivity index (χ0v) is 37.6. The van der Waals surface area contributed by atoms with Crippen molar-refractivity contribution in [3.8, 4) is 22.5 Å². The van der Waals surface area contributed by atoms with E-state index in [-0.39, 0.29) is 4.90 Å². The first-order valence-corrected chi connectivity index (χ1v) is 24.7. The van der Waals surface area contributed by atoms with Crippen molar-refractivity contribution in [2.75, 3.05) is 29.5 Å². The minimum absolute atomic E-state index is 0.147. The van der Waals surface area contributed by atoms with Gasteiger partial charge >= 0.3 is 0 Å². The van der Waals surface area contributed by atoms with E-state index in [2.05, 4.69) is 145 Å². The summed E-state index contributed by atoms with van der Waals surface area (Å²) >= 11 is 3.72. The molecule has 9 heteroatoms. The van der Waals surface area contributed by atoms with E-state index >= 15 is 0 Å². The maximum Gasteiger partial charge on any atom is 0.295 e. The number of hydrogen-bond donors (Lipinski definition) is 1. The summed E-state index contributed by atoms with van der Waals surface area (Å²) < 4.78 is 45.8. The van der Waals surface area contributed by atoms with Gasteiger partial charge in [0.25, 0.3) is 10.1 Å². The van der Waals surface area contributed by atoms with E-state index in [0.717, 1.165) is 83.6 Å². The summed E-state index contributed by atoms with van der Waals surface area (Å²) in [6.07, 6.45) is 3.66. The van der Waals surface area contributed by atoms with Crippen LogP contribution in [0, 0.1) is 0 Å². The third-order valence-electron chi connectivity index (χ3n) is 11.1. The fourth-order valence-electron chi connectivity index (χ4n) is 8.17. The summed E-state index contributed by atoms with van der Waals surface area (Å²) in [6.45, 7) is 5.94. The SMILES string of the molecule is CCc1ccccc1N(CCCSc1ccccc1)c1ccc2c(-c3ccccc3S(=O)(=O)O)c3ccc(=[N+](CCCSc4ccccc4)c4ccccc4CC)cc-3oc2c1. The number of thioether (sulfide) groups is 2. The van der Waals surface area contributed by atoms with Crippen LogP contribution in [0.3, 0.4) is 0 Å². The monoisotopic (exact) mass is 875 g/mol. The molecule has 0 spiro atoms. The zero-order valence-electron chi connectivity index (χ0n) is 35.1. The fraction of sp³-hybridized carbons (Fsp3) is 0.189. The van der Waals surface area contributed by atoms with Crippen LogP contribution in [0.5, 0.6) is 0 Å². The Morgan fingerprint density at radius 3 is 1.97 bits per heavy atom. The van der Waals surface area contributed by atoms with Crippen LogP contribution >= 0.6 is 23.5 Å². The van der Waals surface area contributed by atoms with Crippen LogP contribution in [0.25, 0.3) is 33.4 Å². The van der Waals surface area contributed by atoms with E-state index in [9.17, 15) is 13.0 Å². The van der Waals surface area contributed by atoms with Gasteiger partial charge in [-0.15, -0.1) is 23.5 Å². The number of anilines is 2. The summed E-state index contributed by atoms with van der Waals surface area (Å²) in [7, 11) is -4.57. The Hall–Kier alpha value is -5.58. The van der Waals surface area contributed by atoms with Gasteiger partial charge in [-0.1, -0.05) is 105 Å². The molecule has 0 radical (unpaired) electrons. The lowest BCUT2D eigenvalue weighted by atomic mass is 9.93. The Bertz CT molecular complexity index is 2930. The highest BCUT2D eigenvalue weighted by Crippen LogP contribution is 2.44. The van der Waals surface area contributed by atoms with Crippen LogP contribution in [-0.4, -0.2) is 37.6 Å². The first-order chi connectivity index (χ1) is 30.3. The second kappa shape index (κ2) is 20.1. The molecule has 1 aliphatic heterocycles. The van der Waals surface area contributed by atoms with Crippen molar-refractivity contribution in [2.45, 2.75) is 54.2 Å². The molecule has 0 aromatic heterocycles. The largest absolute Gasteiger partial charge is 0.456 e. The molecule has 6 aromatic rings. The third-order valence-corrected chi connectivity index (χ3v) is 14.3. The van der Waals surface area contributed by atoms with E-state index in [1.807, 2.05) is 53.9 Å². The molecule has 0 bridgehead atoms. The summed E-state index contributed by atoms with van der Waals surface area (Å²) in [5.41, 5.74) is 8.24. The van der Waals surface area contributed by atoms with Crippen molar-refractivity contribution in [1.82, 2.24) is 4.58 Å². The second-order valence-corrected chi connectivity index (χ2v) is 18.8. The molecule has 0 atom stereocenters. The standard InChI is InChI=1S/C53H50N2O4S3/c1-3-39-19-11-14-26-48(39)54(33-17-35-60-43-21-7-5-8-22-43)41-29-31-45-50(37-41)59-51-38-42(30-32-46(51)53(45)47-25-13-16-28-52(47)62(56,57)58)55(49-27-15-12-20-40(49)4-2)34-18-36-61-44-23-9-6-10-24-44/h5-16,19-32,37-38H,3-4,17-18,33-36H2,1-2H3/p+1. The molecule has 6 aromatic carbocycles. The summed E-state index contributed by atoms with van der Waals surface area (Å²) in [4.78, 5) is 4.74. The molecule has 2 aliphatic rings. The molecule has 8 rings (SSSR count). The van der Waals surface area contributed by atoms with Crippen molar-refractivity contribution in [1.29, 1.82) is 0 Å². The average molecular weight is 876 g/mol. The van der Waals surface area contributed by atoms with Gasteiger partial charge in [-0.3, -0.25) is 4.55 Å². The van der Waals surface area contributed by atoms with E-state index in [1.54, 1.807) is 12.1 Å². The Kier molecular flexibility index (Phi) is 14.0. The predicted octanol–water partition coefficient (Wildman–Crippen LogP) is 13.2. The number of hydrogen-bond acceptors (Lipinski definition) is 6. The highest BCUT2D eigenvalue weighted by Gasteiger charge is 2.26. The fourth-order valence-corrected chi connectivity index (χ4v) is 10.6. The smallest absolute Gasteiger partial charge is 0.295 e. The lowest BCUT2D eigenvalue weighted by Crippen LogP contribution is -2.28. The van der Waals surface area contributed by atoms with Crippen LogP contribution in [-0.2, 0) is 23.0 Å². The summed E-state index contributed by atoms with van der Waals surface area (Å²) in [6, 6.07) is 57.2. The maximum atomic E-state index is 13.0. The summed E-state index contributed by atoms with van der Waals surface area (Å²) in [5.74, 6) is 2.53. The zero-order chi connectivity index (χ0) is 42.9. The molecule has 6 nitrogen and oxygen atoms in total. The predicted molar refractivity (Wildman–Crippen MR) is 260 cm³/mol. The normalized spacial score (nSPS) is 12.2.